The lowest BCUT2D eigenvalue weighted by molar-refractivity contribution is -0.137. The molecule has 1 aliphatic rings. The van der Waals surface area contributed by atoms with Crippen molar-refractivity contribution in [3.8, 4) is 0 Å². The van der Waals surface area contributed by atoms with E-state index in [2.05, 4.69) is 5.32 Å². The molecule has 2 aromatic carbocycles. The fourth-order valence-electron chi connectivity index (χ4n) is 2.39. The summed E-state index contributed by atoms with van der Waals surface area (Å²) in [7, 11) is 0. The molecular weight excluding hydrogens is 428 g/mol. The summed E-state index contributed by atoms with van der Waals surface area (Å²) < 4.78 is 38.7. The SMILES string of the molecule is O=C1C(Cl)=C(Nc2ccc(Cl)c(Cl)c2)C(=O)N1c1cccc(C(F)(F)F)c1. The molecule has 0 unspecified atom stereocenters. The molecule has 0 radical (unpaired) electrons. The molecule has 2 aromatic rings. The van der Waals surface area contributed by atoms with Crippen molar-refractivity contribution < 1.29 is 22.8 Å². The molecule has 140 valence electrons. The summed E-state index contributed by atoms with van der Waals surface area (Å²) in [6.07, 6.45) is -4.62. The van der Waals surface area contributed by atoms with E-state index in [1.807, 2.05) is 0 Å². The van der Waals surface area contributed by atoms with Gasteiger partial charge in [-0.25, -0.2) is 4.90 Å². The molecule has 1 N–H and O–H groups in total. The summed E-state index contributed by atoms with van der Waals surface area (Å²) in [5.41, 5.74) is -1.20. The molecular formula is C17H8Cl3F3N2O2. The van der Waals surface area contributed by atoms with Gasteiger partial charge in [0.05, 0.1) is 21.3 Å². The number of imide groups is 1. The van der Waals surface area contributed by atoms with Crippen molar-refractivity contribution in [3.05, 3.63) is 68.8 Å². The summed E-state index contributed by atoms with van der Waals surface area (Å²) >= 11 is 17.7. The molecule has 1 heterocycles. The largest absolute Gasteiger partial charge is 0.416 e. The number of nitrogens with one attached hydrogen (secondary N) is 1. The lowest BCUT2D eigenvalue weighted by Crippen LogP contribution is -2.32. The van der Waals surface area contributed by atoms with Gasteiger partial charge in [-0.2, -0.15) is 13.2 Å². The van der Waals surface area contributed by atoms with E-state index in [0.717, 1.165) is 12.1 Å². The van der Waals surface area contributed by atoms with Gasteiger partial charge in [0.25, 0.3) is 11.8 Å². The number of benzene rings is 2. The van der Waals surface area contributed by atoms with E-state index < -0.39 is 28.6 Å². The molecule has 0 saturated carbocycles. The normalized spacial score (nSPS) is 15.0. The summed E-state index contributed by atoms with van der Waals surface area (Å²) in [5, 5.41) is 2.68. The maximum absolute atomic E-state index is 12.9. The summed E-state index contributed by atoms with van der Waals surface area (Å²) in [6.45, 7) is 0. The number of amides is 2. The summed E-state index contributed by atoms with van der Waals surface area (Å²) in [6, 6.07) is 8.20. The third-order valence-electron chi connectivity index (χ3n) is 3.65. The molecule has 4 nitrogen and oxygen atoms in total. The van der Waals surface area contributed by atoms with Crippen molar-refractivity contribution in [2.24, 2.45) is 0 Å². The first kappa shape index (κ1) is 19.5. The van der Waals surface area contributed by atoms with Crippen LogP contribution in [-0.2, 0) is 15.8 Å². The number of carbonyl (C=O) groups is 2. The van der Waals surface area contributed by atoms with Crippen molar-refractivity contribution in [1.29, 1.82) is 0 Å². The zero-order valence-corrected chi connectivity index (χ0v) is 15.3. The summed E-state index contributed by atoms with van der Waals surface area (Å²) in [5.74, 6) is -1.83. The number of nitrogens with zero attached hydrogens (tertiary/aromatic N) is 1. The van der Waals surface area contributed by atoms with Crippen LogP contribution in [0.5, 0.6) is 0 Å². The van der Waals surface area contributed by atoms with E-state index in [1.165, 1.54) is 24.3 Å². The van der Waals surface area contributed by atoms with E-state index in [4.69, 9.17) is 34.8 Å². The second kappa shape index (κ2) is 7.07. The van der Waals surface area contributed by atoms with Crippen LogP contribution in [0.4, 0.5) is 24.5 Å². The summed E-state index contributed by atoms with van der Waals surface area (Å²) in [4.78, 5) is 25.5. The van der Waals surface area contributed by atoms with Crippen LogP contribution in [0, 0.1) is 0 Å². The first-order chi connectivity index (χ1) is 12.6. The second-order valence-corrected chi connectivity index (χ2v) is 6.63. The second-order valence-electron chi connectivity index (χ2n) is 5.44. The quantitative estimate of drug-likeness (QED) is 0.653. The number of anilines is 2. The first-order valence-electron chi connectivity index (χ1n) is 7.27. The highest BCUT2D eigenvalue weighted by molar-refractivity contribution is 6.53. The van der Waals surface area contributed by atoms with Gasteiger partial charge in [0, 0.05) is 5.69 Å². The van der Waals surface area contributed by atoms with E-state index in [-0.39, 0.29) is 21.4 Å². The van der Waals surface area contributed by atoms with E-state index in [9.17, 15) is 22.8 Å². The lowest BCUT2D eigenvalue weighted by Gasteiger charge is -2.17. The Morgan fingerprint density at radius 1 is 0.889 bits per heavy atom. The van der Waals surface area contributed by atoms with Crippen LogP contribution in [-0.4, -0.2) is 11.8 Å². The predicted octanol–water partition coefficient (Wildman–Crippen LogP) is 5.45. The third kappa shape index (κ3) is 3.76. The van der Waals surface area contributed by atoms with Gasteiger partial charge in [-0.1, -0.05) is 40.9 Å². The minimum atomic E-state index is -4.62. The minimum Gasteiger partial charge on any atom is -0.350 e. The Hall–Kier alpha value is -2.22. The van der Waals surface area contributed by atoms with Crippen LogP contribution in [0.2, 0.25) is 10.0 Å². The molecule has 1 aliphatic heterocycles. The molecule has 2 amide bonds. The lowest BCUT2D eigenvalue weighted by atomic mass is 10.2. The van der Waals surface area contributed by atoms with Gasteiger partial charge in [-0.15, -0.1) is 0 Å². The van der Waals surface area contributed by atoms with Crippen LogP contribution >= 0.6 is 34.8 Å². The maximum atomic E-state index is 12.9. The highest BCUT2D eigenvalue weighted by Crippen LogP contribution is 2.35. The molecule has 3 rings (SSSR count). The molecule has 0 saturated heterocycles. The topological polar surface area (TPSA) is 49.4 Å². The Labute approximate surface area is 166 Å². The van der Waals surface area contributed by atoms with E-state index >= 15 is 0 Å². The van der Waals surface area contributed by atoms with Gasteiger partial charge < -0.3 is 5.32 Å². The molecule has 0 aliphatic carbocycles. The van der Waals surface area contributed by atoms with E-state index in [1.54, 1.807) is 0 Å². The molecule has 0 fully saturated rings. The van der Waals surface area contributed by atoms with Gasteiger partial charge in [0.1, 0.15) is 10.7 Å². The third-order valence-corrected chi connectivity index (χ3v) is 4.74. The van der Waals surface area contributed by atoms with Crippen molar-refractivity contribution in [1.82, 2.24) is 0 Å². The number of hydrogen-bond acceptors (Lipinski definition) is 3. The molecule has 0 atom stereocenters. The van der Waals surface area contributed by atoms with Crippen LogP contribution in [0.25, 0.3) is 0 Å². The fraction of sp³-hybridized carbons (Fsp3) is 0.0588. The van der Waals surface area contributed by atoms with Gasteiger partial charge in [-0.05, 0) is 36.4 Å². The molecule has 0 bridgehead atoms. The van der Waals surface area contributed by atoms with Gasteiger partial charge in [0.2, 0.25) is 0 Å². The fourth-order valence-corrected chi connectivity index (χ4v) is 2.90. The minimum absolute atomic E-state index is 0.199. The highest BCUT2D eigenvalue weighted by atomic mass is 35.5. The Balaban J connectivity index is 1.93. The molecule has 0 spiro atoms. The monoisotopic (exact) mass is 434 g/mol. The van der Waals surface area contributed by atoms with Crippen molar-refractivity contribution in [3.63, 3.8) is 0 Å². The maximum Gasteiger partial charge on any atom is 0.416 e. The zero-order valence-electron chi connectivity index (χ0n) is 13.1. The van der Waals surface area contributed by atoms with Gasteiger partial charge >= 0.3 is 6.18 Å². The zero-order chi connectivity index (χ0) is 19.9. The van der Waals surface area contributed by atoms with Gasteiger partial charge in [0.15, 0.2) is 0 Å². The number of carbonyl (C=O) groups excluding carboxylic acids is 2. The number of hydrogen-bond donors (Lipinski definition) is 1. The first-order valence-corrected chi connectivity index (χ1v) is 8.41. The van der Waals surface area contributed by atoms with Gasteiger partial charge in [-0.3, -0.25) is 9.59 Å². The van der Waals surface area contributed by atoms with Crippen LogP contribution in [0.15, 0.2) is 53.2 Å². The van der Waals surface area contributed by atoms with Crippen molar-refractivity contribution in [2.75, 3.05) is 10.2 Å². The van der Waals surface area contributed by atoms with Crippen molar-refractivity contribution >= 4 is 58.0 Å². The number of alkyl halides is 3. The Morgan fingerprint density at radius 2 is 1.59 bits per heavy atom. The average Bonchev–Trinajstić information content (AvgIpc) is 2.81. The number of halogens is 6. The Kier molecular flexibility index (Phi) is 5.12. The van der Waals surface area contributed by atoms with E-state index in [0.29, 0.717) is 16.7 Å². The van der Waals surface area contributed by atoms with Crippen molar-refractivity contribution in [2.45, 2.75) is 6.18 Å². The smallest absolute Gasteiger partial charge is 0.350 e. The highest BCUT2D eigenvalue weighted by Gasteiger charge is 2.40. The standard InChI is InChI=1S/C17H8Cl3F3N2O2/c18-11-5-4-9(7-12(11)19)24-14-13(20)15(26)25(16(14)27)10-3-1-2-8(6-10)17(21,22)23/h1-7,24H. The number of rotatable bonds is 3. The van der Waals surface area contributed by atoms with Crippen LogP contribution in [0.3, 0.4) is 0 Å². The van der Waals surface area contributed by atoms with Crippen LogP contribution < -0.4 is 10.2 Å². The Morgan fingerprint density at radius 3 is 2.22 bits per heavy atom. The molecule has 10 heteroatoms. The Bertz CT molecular complexity index is 990. The molecule has 0 aromatic heterocycles. The predicted molar refractivity (Wildman–Crippen MR) is 96.9 cm³/mol. The molecule has 27 heavy (non-hydrogen) atoms. The average molecular weight is 436 g/mol. The van der Waals surface area contributed by atoms with Crippen LogP contribution in [0.1, 0.15) is 5.56 Å².